The maximum atomic E-state index is 12.8. The second kappa shape index (κ2) is 9.74. The lowest BCUT2D eigenvalue weighted by Crippen LogP contribution is -2.26. The third kappa shape index (κ3) is 5.47. The summed E-state index contributed by atoms with van der Waals surface area (Å²) in [6.07, 6.45) is 0. The van der Waals surface area contributed by atoms with Gasteiger partial charge in [0.15, 0.2) is 0 Å². The maximum absolute atomic E-state index is 12.8. The molecule has 2 amide bonds. The molecule has 0 fully saturated rings. The van der Waals surface area contributed by atoms with Crippen LogP contribution in [0.2, 0.25) is 0 Å². The number of aryl methyl sites for hydroxylation is 2. The molecule has 0 bridgehead atoms. The van der Waals surface area contributed by atoms with Crippen molar-refractivity contribution >= 4 is 23.2 Å². The summed E-state index contributed by atoms with van der Waals surface area (Å²) in [6.45, 7) is 4.69. The molecular formula is C25H27N3O2. The highest BCUT2D eigenvalue weighted by atomic mass is 16.2. The molecular weight excluding hydrogens is 374 g/mol. The summed E-state index contributed by atoms with van der Waals surface area (Å²) in [7, 11) is 1.77. The van der Waals surface area contributed by atoms with Gasteiger partial charge >= 0.3 is 0 Å². The molecule has 0 aliphatic rings. The minimum absolute atomic E-state index is 0.0939. The van der Waals surface area contributed by atoms with Gasteiger partial charge in [-0.05, 0) is 48.7 Å². The number of carbonyl (C=O) groups is 2. The lowest BCUT2D eigenvalue weighted by Gasteiger charge is -2.18. The van der Waals surface area contributed by atoms with Crippen LogP contribution in [0.15, 0.2) is 72.8 Å². The molecule has 3 aromatic carbocycles. The van der Waals surface area contributed by atoms with Crippen molar-refractivity contribution in [2.75, 3.05) is 24.2 Å². The van der Waals surface area contributed by atoms with Crippen molar-refractivity contribution in [3.05, 3.63) is 95.1 Å². The van der Waals surface area contributed by atoms with Crippen molar-refractivity contribution in [1.29, 1.82) is 0 Å². The van der Waals surface area contributed by atoms with Crippen LogP contribution in [0.1, 0.15) is 27.0 Å². The van der Waals surface area contributed by atoms with Crippen molar-refractivity contribution in [2.24, 2.45) is 0 Å². The molecule has 0 radical (unpaired) electrons. The Bertz CT molecular complexity index is 1010. The molecule has 2 N–H and O–H groups in total. The first-order chi connectivity index (χ1) is 14.4. The van der Waals surface area contributed by atoms with Gasteiger partial charge in [0.25, 0.3) is 5.91 Å². The predicted octanol–water partition coefficient (Wildman–Crippen LogP) is 4.63. The molecule has 0 heterocycles. The van der Waals surface area contributed by atoms with E-state index >= 15 is 0 Å². The zero-order valence-corrected chi connectivity index (χ0v) is 17.6. The van der Waals surface area contributed by atoms with Crippen LogP contribution in [0, 0.1) is 13.8 Å². The summed E-state index contributed by atoms with van der Waals surface area (Å²) in [4.78, 5) is 26.8. The summed E-state index contributed by atoms with van der Waals surface area (Å²) < 4.78 is 0. The highest BCUT2D eigenvalue weighted by molar-refractivity contribution is 5.98. The van der Waals surface area contributed by atoms with Crippen LogP contribution in [0.5, 0.6) is 0 Å². The van der Waals surface area contributed by atoms with Crippen molar-refractivity contribution in [2.45, 2.75) is 20.4 Å². The molecule has 30 heavy (non-hydrogen) atoms. The largest absolute Gasteiger partial charge is 0.376 e. The van der Waals surface area contributed by atoms with Crippen molar-refractivity contribution in [3.63, 3.8) is 0 Å². The number of benzene rings is 3. The summed E-state index contributed by atoms with van der Waals surface area (Å²) >= 11 is 0. The van der Waals surface area contributed by atoms with Gasteiger partial charge in [-0.15, -0.1) is 0 Å². The Morgan fingerprint density at radius 2 is 1.53 bits per heavy atom. The van der Waals surface area contributed by atoms with Gasteiger partial charge < -0.3 is 15.5 Å². The quantitative estimate of drug-likeness (QED) is 0.607. The van der Waals surface area contributed by atoms with Crippen LogP contribution in [-0.4, -0.2) is 30.3 Å². The van der Waals surface area contributed by atoms with E-state index in [1.165, 1.54) is 0 Å². The molecule has 0 saturated heterocycles. The first-order valence-corrected chi connectivity index (χ1v) is 9.93. The van der Waals surface area contributed by atoms with Crippen LogP contribution in [-0.2, 0) is 11.3 Å². The van der Waals surface area contributed by atoms with Gasteiger partial charge in [0.05, 0.1) is 6.54 Å². The lowest BCUT2D eigenvalue weighted by atomic mass is 10.1. The maximum Gasteiger partial charge on any atom is 0.253 e. The Hall–Kier alpha value is -3.60. The number of para-hydroxylation sites is 1. The second-order valence-corrected chi connectivity index (χ2v) is 7.40. The summed E-state index contributed by atoms with van der Waals surface area (Å²) in [6, 6.07) is 22.9. The average molecular weight is 402 g/mol. The predicted molar refractivity (Wildman–Crippen MR) is 122 cm³/mol. The number of nitrogens with one attached hydrogen (secondary N) is 2. The second-order valence-electron chi connectivity index (χ2n) is 7.40. The summed E-state index contributed by atoms with van der Waals surface area (Å²) in [5, 5.41) is 6.06. The molecule has 0 aliphatic heterocycles. The number of carbonyl (C=O) groups excluding carboxylic acids is 2. The van der Waals surface area contributed by atoms with Crippen LogP contribution in [0.25, 0.3) is 0 Å². The monoisotopic (exact) mass is 401 g/mol. The van der Waals surface area contributed by atoms with Gasteiger partial charge in [-0.1, -0.05) is 54.6 Å². The molecule has 0 unspecified atom stereocenters. The fraction of sp³-hybridized carbons (Fsp3) is 0.200. The minimum Gasteiger partial charge on any atom is -0.376 e. The molecule has 0 saturated carbocycles. The van der Waals surface area contributed by atoms with Gasteiger partial charge in [-0.3, -0.25) is 9.59 Å². The third-order valence-electron chi connectivity index (χ3n) is 4.91. The Labute approximate surface area is 177 Å². The van der Waals surface area contributed by atoms with E-state index in [-0.39, 0.29) is 18.4 Å². The number of hydrogen-bond acceptors (Lipinski definition) is 3. The topological polar surface area (TPSA) is 61.4 Å². The Morgan fingerprint density at radius 3 is 2.23 bits per heavy atom. The summed E-state index contributed by atoms with van der Waals surface area (Å²) in [5.74, 6) is -0.261. The highest BCUT2D eigenvalue weighted by Crippen LogP contribution is 2.19. The van der Waals surface area contributed by atoms with Crippen LogP contribution >= 0.6 is 0 Å². The molecule has 0 atom stereocenters. The smallest absolute Gasteiger partial charge is 0.253 e. The van der Waals surface area contributed by atoms with E-state index in [1.54, 1.807) is 36.2 Å². The van der Waals surface area contributed by atoms with E-state index in [0.717, 1.165) is 22.4 Å². The number of anilines is 2. The molecule has 0 aromatic heterocycles. The number of rotatable bonds is 7. The normalized spacial score (nSPS) is 10.4. The fourth-order valence-electron chi connectivity index (χ4n) is 3.35. The van der Waals surface area contributed by atoms with E-state index in [2.05, 4.69) is 10.6 Å². The molecule has 3 rings (SSSR count). The first-order valence-electron chi connectivity index (χ1n) is 9.93. The highest BCUT2D eigenvalue weighted by Gasteiger charge is 2.13. The Balaban J connectivity index is 1.60. The third-order valence-corrected chi connectivity index (χ3v) is 4.91. The van der Waals surface area contributed by atoms with E-state index in [1.807, 2.05) is 62.4 Å². The van der Waals surface area contributed by atoms with Crippen molar-refractivity contribution in [1.82, 2.24) is 4.90 Å². The van der Waals surface area contributed by atoms with Crippen molar-refractivity contribution < 1.29 is 9.59 Å². The van der Waals surface area contributed by atoms with E-state index in [9.17, 15) is 9.59 Å². The van der Waals surface area contributed by atoms with Crippen LogP contribution in [0.3, 0.4) is 0 Å². The van der Waals surface area contributed by atoms with Gasteiger partial charge in [-0.2, -0.15) is 0 Å². The van der Waals surface area contributed by atoms with Gasteiger partial charge in [0, 0.05) is 30.5 Å². The van der Waals surface area contributed by atoms with E-state index in [0.29, 0.717) is 17.8 Å². The number of hydrogen-bond donors (Lipinski definition) is 2. The minimum atomic E-state index is -0.167. The molecule has 0 spiro atoms. The zero-order valence-electron chi connectivity index (χ0n) is 17.6. The average Bonchev–Trinajstić information content (AvgIpc) is 2.73. The Kier molecular flexibility index (Phi) is 6.86. The van der Waals surface area contributed by atoms with Crippen LogP contribution < -0.4 is 10.6 Å². The zero-order chi connectivity index (χ0) is 21.5. The van der Waals surface area contributed by atoms with Gasteiger partial charge in [0.1, 0.15) is 0 Å². The number of nitrogens with zero attached hydrogens (tertiary/aromatic N) is 1. The summed E-state index contributed by atoms with van der Waals surface area (Å²) in [5.41, 5.74) is 5.36. The van der Waals surface area contributed by atoms with Crippen LogP contribution in [0.4, 0.5) is 11.4 Å². The molecule has 5 heteroatoms. The Morgan fingerprint density at radius 1 is 0.867 bits per heavy atom. The van der Waals surface area contributed by atoms with Gasteiger partial charge in [0.2, 0.25) is 5.91 Å². The molecule has 3 aromatic rings. The lowest BCUT2D eigenvalue weighted by molar-refractivity contribution is -0.114. The van der Waals surface area contributed by atoms with E-state index < -0.39 is 0 Å². The standard InChI is InChI=1S/C25H27N3O2/c1-18-9-7-10-19(2)24(18)26-16-23(29)27-22-14-8-13-21(15-22)25(30)28(3)17-20-11-5-4-6-12-20/h4-15,26H,16-17H2,1-3H3,(H,27,29). The fourth-order valence-corrected chi connectivity index (χ4v) is 3.35. The number of amides is 2. The van der Waals surface area contributed by atoms with Crippen molar-refractivity contribution in [3.8, 4) is 0 Å². The SMILES string of the molecule is Cc1cccc(C)c1NCC(=O)Nc1cccc(C(=O)N(C)Cc2ccccc2)c1. The first kappa shape index (κ1) is 21.1. The van der Waals surface area contributed by atoms with E-state index in [4.69, 9.17) is 0 Å². The molecule has 154 valence electrons. The van der Waals surface area contributed by atoms with Gasteiger partial charge in [-0.25, -0.2) is 0 Å². The molecule has 0 aliphatic carbocycles. The molecule has 5 nitrogen and oxygen atoms in total.